The molecule has 2 rings (SSSR count). The minimum Gasteiger partial charge on any atom is -0.444 e. The minimum absolute atomic E-state index is 0.115. The maximum atomic E-state index is 12.0. The van der Waals surface area contributed by atoms with E-state index in [2.05, 4.69) is 36.2 Å². The van der Waals surface area contributed by atoms with Gasteiger partial charge in [0.2, 0.25) is 0 Å². The van der Waals surface area contributed by atoms with Crippen LogP contribution < -0.4 is 10.2 Å². The molecule has 0 aliphatic carbocycles. The third kappa shape index (κ3) is 5.41. The number of alkyl carbamates (subject to hydrolysis) is 1. The van der Waals surface area contributed by atoms with Crippen molar-refractivity contribution in [3.63, 3.8) is 0 Å². The van der Waals surface area contributed by atoms with E-state index in [1.807, 2.05) is 39.8 Å². The molecular formula is C19H30N2O3. The fourth-order valence-electron chi connectivity index (χ4n) is 2.95. The molecule has 1 aromatic rings. The molecule has 5 heteroatoms. The summed E-state index contributed by atoms with van der Waals surface area (Å²) in [5.74, 6) is 0. The zero-order valence-corrected chi connectivity index (χ0v) is 15.6. The van der Waals surface area contributed by atoms with Crippen molar-refractivity contribution in [3.8, 4) is 0 Å². The molecule has 1 fully saturated rings. The van der Waals surface area contributed by atoms with Gasteiger partial charge in [0, 0.05) is 18.8 Å². The number of amides is 1. The Labute approximate surface area is 145 Å². The standard InChI is InChI=1S/C19H30N2O3/c1-13-11-21(12-14(2)23-13)17-9-7-8-16(10-17)15(3)20-18(22)24-19(4,5)6/h7-10,13-15H,11-12H2,1-6H3,(H,20,22)/t13?,14?,15-/m0/s1. The largest absolute Gasteiger partial charge is 0.444 e. The monoisotopic (exact) mass is 334 g/mol. The second kappa shape index (κ2) is 7.43. The van der Waals surface area contributed by atoms with E-state index in [9.17, 15) is 4.79 Å². The first-order valence-electron chi connectivity index (χ1n) is 8.64. The number of ether oxygens (including phenoxy) is 2. The highest BCUT2D eigenvalue weighted by atomic mass is 16.6. The zero-order valence-electron chi connectivity index (χ0n) is 15.6. The van der Waals surface area contributed by atoms with Crippen LogP contribution in [0.2, 0.25) is 0 Å². The average Bonchev–Trinajstić information content (AvgIpc) is 2.44. The highest BCUT2D eigenvalue weighted by molar-refractivity contribution is 5.68. The highest BCUT2D eigenvalue weighted by Gasteiger charge is 2.23. The van der Waals surface area contributed by atoms with Crippen molar-refractivity contribution in [1.29, 1.82) is 0 Å². The molecule has 24 heavy (non-hydrogen) atoms. The Kier molecular flexibility index (Phi) is 5.75. The zero-order chi connectivity index (χ0) is 17.9. The lowest BCUT2D eigenvalue weighted by atomic mass is 10.1. The van der Waals surface area contributed by atoms with Crippen LogP contribution in [0.3, 0.4) is 0 Å². The SMILES string of the molecule is CC1CN(c2cccc([C@H](C)NC(=O)OC(C)(C)C)c2)CC(C)O1. The van der Waals surface area contributed by atoms with Gasteiger partial charge < -0.3 is 19.7 Å². The van der Waals surface area contributed by atoms with E-state index in [1.165, 1.54) is 0 Å². The molecule has 3 atom stereocenters. The molecule has 1 saturated heterocycles. The van der Waals surface area contributed by atoms with Crippen molar-refractivity contribution in [1.82, 2.24) is 5.32 Å². The summed E-state index contributed by atoms with van der Waals surface area (Å²) in [5.41, 5.74) is 1.73. The minimum atomic E-state index is -0.494. The highest BCUT2D eigenvalue weighted by Crippen LogP contribution is 2.24. The van der Waals surface area contributed by atoms with Gasteiger partial charge in [-0.1, -0.05) is 12.1 Å². The number of rotatable bonds is 3. The van der Waals surface area contributed by atoms with E-state index in [4.69, 9.17) is 9.47 Å². The van der Waals surface area contributed by atoms with Crippen LogP contribution in [0.1, 0.15) is 53.1 Å². The Bertz CT molecular complexity index is 558. The molecule has 1 amide bonds. The first kappa shape index (κ1) is 18.6. The van der Waals surface area contributed by atoms with Crippen LogP contribution in [0.4, 0.5) is 10.5 Å². The molecule has 0 saturated carbocycles. The van der Waals surface area contributed by atoms with E-state index in [-0.39, 0.29) is 18.2 Å². The van der Waals surface area contributed by atoms with Gasteiger partial charge in [0.05, 0.1) is 18.2 Å². The second-order valence-corrected chi connectivity index (χ2v) is 7.63. The summed E-state index contributed by atoms with van der Waals surface area (Å²) in [6, 6.07) is 8.18. The lowest BCUT2D eigenvalue weighted by molar-refractivity contribution is -0.00522. The van der Waals surface area contributed by atoms with Gasteiger partial charge in [0.25, 0.3) is 0 Å². The molecule has 1 aliphatic rings. The van der Waals surface area contributed by atoms with Crippen LogP contribution in [0, 0.1) is 0 Å². The molecule has 2 unspecified atom stereocenters. The van der Waals surface area contributed by atoms with Crippen molar-refractivity contribution in [2.45, 2.75) is 65.4 Å². The van der Waals surface area contributed by atoms with E-state index < -0.39 is 11.7 Å². The van der Waals surface area contributed by atoms with E-state index in [0.717, 1.165) is 24.3 Å². The van der Waals surface area contributed by atoms with Crippen LogP contribution in [-0.2, 0) is 9.47 Å². The Morgan fingerprint density at radius 3 is 2.50 bits per heavy atom. The maximum absolute atomic E-state index is 12.0. The van der Waals surface area contributed by atoms with Crippen LogP contribution in [0.25, 0.3) is 0 Å². The number of nitrogens with one attached hydrogen (secondary N) is 1. The first-order valence-corrected chi connectivity index (χ1v) is 8.64. The van der Waals surface area contributed by atoms with Crippen molar-refractivity contribution >= 4 is 11.8 Å². The number of morpholine rings is 1. The second-order valence-electron chi connectivity index (χ2n) is 7.63. The van der Waals surface area contributed by atoms with E-state index in [1.54, 1.807) is 0 Å². The van der Waals surface area contributed by atoms with Gasteiger partial charge >= 0.3 is 6.09 Å². The Morgan fingerprint density at radius 2 is 1.92 bits per heavy atom. The van der Waals surface area contributed by atoms with Crippen LogP contribution in [-0.4, -0.2) is 37.0 Å². The first-order chi connectivity index (χ1) is 11.1. The number of carbonyl (C=O) groups excluding carboxylic acids is 1. The van der Waals surface area contributed by atoms with Crippen LogP contribution >= 0.6 is 0 Å². The summed E-state index contributed by atoms with van der Waals surface area (Å²) in [4.78, 5) is 14.3. The van der Waals surface area contributed by atoms with Crippen molar-refractivity contribution in [3.05, 3.63) is 29.8 Å². The molecule has 0 aromatic heterocycles. The van der Waals surface area contributed by atoms with Gasteiger partial charge in [-0.15, -0.1) is 0 Å². The summed E-state index contributed by atoms with van der Waals surface area (Å²) in [7, 11) is 0. The fourth-order valence-corrected chi connectivity index (χ4v) is 2.95. The fraction of sp³-hybridized carbons (Fsp3) is 0.632. The summed E-state index contributed by atoms with van der Waals surface area (Å²) in [6.45, 7) is 13.5. The van der Waals surface area contributed by atoms with Crippen LogP contribution in [0.5, 0.6) is 0 Å². The Hall–Kier alpha value is -1.75. The molecule has 1 N–H and O–H groups in total. The topological polar surface area (TPSA) is 50.8 Å². The Morgan fingerprint density at radius 1 is 1.29 bits per heavy atom. The maximum Gasteiger partial charge on any atom is 0.408 e. The summed E-state index contributed by atoms with van der Waals surface area (Å²) in [5, 5.41) is 2.90. The number of anilines is 1. The van der Waals surface area contributed by atoms with Gasteiger partial charge in [-0.2, -0.15) is 0 Å². The summed E-state index contributed by atoms with van der Waals surface area (Å²) < 4.78 is 11.1. The van der Waals surface area contributed by atoms with Gasteiger partial charge in [-0.25, -0.2) is 4.79 Å². The van der Waals surface area contributed by atoms with E-state index >= 15 is 0 Å². The molecule has 1 aliphatic heterocycles. The lowest BCUT2D eigenvalue weighted by Crippen LogP contribution is -2.45. The molecular weight excluding hydrogens is 304 g/mol. The van der Waals surface area contributed by atoms with Crippen molar-refractivity contribution in [2.24, 2.45) is 0 Å². The van der Waals surface area contributed by atoms with Gasteiger partial charge in [-0.05, 0) is 59.2 Å². The number of carbonyl (C=O) groups is 1. The third-order valence-corrected chi connectivity index (χ3v) is 3.89. The normalized spacial score (nSPS) is 22.8. The molecule has 0 radical (unpaired) electrons. The molecule has 1 aromatic carbocycles. The summed E-state index contributed by atoms with van der Waals surface area (Å²) >= 11 is 0. The number of nitrogens with zero attached hydrogens (tertiary/aromatic N) is 1. The molecule has 0 bridgehead atoms. The van der Waals surface area contributed by atoms with Crippen LogP contribution in [0.15, 0.2) is 24.3 Å². The molecule has 0 spiro atoms. The third-order valence-electron chi connectivity index (χ3n) is 3.89. The molecule has 1 heterocycles. The van der Waals surface area contributed by atoms with E-state index in [0.29, 0.717) is 0 Å². The van der Waals surface area contributed by atoms with Gasteiger partial charge in [-0.3, -0.25) is 0 Å². The van der Waals surface area contributed by atoms with Crippen molar-refractivity contribution in [2.75, 3.05) is 18.0 Å². The number of benzene rings is 1. The lowest BCUT2D eigenvalue weighted by Gasteiger charge is -2.37. The Balaban J connectivity index is 2.05. The molecule has 134 valence electrons. The number of hydrogen-bond acceptors (Lipinski definition) is 4. The smallest absolute Gasteiger partial charge is 0.408 e. The van der Waals surface area contributed by atoms with Gasteiger partial charge in [0.1, 0.15) is 5.60 Å². The van der Waals surface area contributed by atoms with Gasteiger partial charge in [0.15, 0.2) is 0 Å². The predicted octanol–water partition coefficient (Wildman–Crippen LogP) is 3.89. The quantitative estimate of drug-likeness (QED) is 0.911. The molecule has 5 nitrogen and oxygen atoms in total. The number of hydrogen-bond donors (Lipinski definition) is 1. The van der Waals surface area contributed by atoms with Crippen molar-refractivity contribution < 1.29 is 14.3 Å². The summed E-state index contributed by atoms with van der Waals surface area (Å²) in [6.07, 6.45) is 0.0402. The predicted molar refractivity (Wildman–Crippen MR) is 96.4 cm³/mol. The average molecular weight is 334 g/mol.